The van der Waals surface area contributed by atoms with Gasteiger partial charge in [-0.15, -0.1) is 24.0 Å². The maximum atomic E-state index is 4.93. The lowest BCUT2D eigenvalue weighted by Gasteiger charge is -2.24. The molecule has 1 atom stereocenters. The van der Waals surface area contributed by atoms with Crippen molar-refractivity contribution < 1.29 is 0 Å². The van der Waals surface area contributed by atoms with E-state index in [1.54, 1.807) is 0 Å². The molecule has 0 bridgehead atoms. The van der Waals surface area contributed by atoms with E-state index in [1.807, 2.05) is 0 Å². The van der Waals surface area contributed by atoms with E-state index in [2.05, 4.69) is 71.3 Å². The summed E-state index contributed by atoms with van der Waals surface area (Å²) in [4.78, 5) is 7.62. The second kappa shape index (κ2) is 12.0. The molecular formula is C25H39IN6. The van der Waals surface area contributed by atoms with Crippen LogP contribution in [0.4, 0.5) is 0 Å². The van der Waals surface area contributed by atoms with Crippen molar-refractivity contribution in [2.75, 3.05) is 19.6 Å². The molecule has 176 valence electrons. The predicted octanol–water partition coefficient (Wildman–Crippen LogP) is 4.24. The molecule has 2 N–H and O–H groups in total. The average molecular weight is 551 g/mol. The lowest BCUT2D eigenvalue weighted by molar-refractivity contribution is 0.242. The number of aliphatic imine (C=N–C) groups is 1. The normalized spacial score (nSPS) is 19.8. The molecule has 1 saturated heterocycles. The van der Waals surface area contributed by atoms with Gasteiger partial charge in [-0.3, -0.25) is 9.58 Å². The number of hydrogen-bond donors (Lipinski definition) is 2. The number of aromatic nitrogens is 2. The Labute approximate surface area is 210 Å². The number of halogens is 1. The molecule has 7 heteroatoms. The van der Waals surface area contributed by atoms with Gasteiger partial charge in [-0.25, -0.2) is 4.99 Å². The number of nitrogens with one attached hydrogen (secondary N) is 2. The van der Waals surface area contributed by atoms with Crippen molar-refractivity contribution in [1.29, 1.82) is 0 Å². The van der Waals surface area contributed by atoms with E-state index in [0.717, 1.165) is 37.3 Å². The summed E-state index contributed by atoms with van der Waals surface area (Å²) >= 11 is 0. The topological polar surface area (TPSA) is 57.5 Å². The molecule has 0 amide bonds. The zero-order valence-corrected chi connectivity index (χ0v) is 22.1. The van der Waals surface area contributed by atoms with Crippen molar-refractivity contribution in [3.63, 3.8) is 0 Å². The second-order valence-electron chi connectivity index (χ2n) is 9.05. The highest BCUT2D eigenvalue weighted by Crippen LogP contribution is 2.26. The van der Waals surface area contributed by atoms with Gasteiger partial charge in [-0.2, -0.15) is 5.10 Å². The van der Waals surface area contributed by atoms with Gasteiger partial charge in [-0.1, -0.05) is 43.2 Å². The molecule has 1 saturated carbocycles. The van der Waals surface area contributed by atoms with Crippen LogP contribution in [-0.4, -0.2) is 52.4 Å². The van der Waals surface area contributed by atoms with Crippen LogP contribution >= 0.6 is 24.0 Å². The Morgan fingerprint density at radius 3 is 2.59 bits per heavy atom. The van der Waals surface area contributed by atoms with Crippen LogP contribution in [0.3, 0.4) is 0 Å². The molecule has 0 spiro atoms. The van der Waals surface area contributed by atoms with E-state index in [4.69, 9.17) is 10.1 Å². The Balaban J connectivity index is 0.00000289. The zero-order chi connectivity index (χ0) is 21.6. The van der Waals surface area contributed by atoms with Crippen LogP contribution < -0.4 is 10.6 Å². The Kier molecular flexibility index (Phi) is 9.40. The molecule has 1 aromatic heterocycles. The third kappa shape index (κ3) is 6.25. The van der Waals surface area contributed by atoms with E-state index in [-0.39, 0.29) is 24.0 Å². The summed E-state index contributed by atoms with van der Waals surface area (Å²) in [6.07, 6.45) is 6.77. The Morgan fingerprint density at radius 2 is 1.88 bits per heavy atom. The van der Waals surface area contributed by atoms with Crippen LogP contribution in [-0.2, 0) is 13.1 Å². The van der Waals surface area contributed by atoms with Crippen LogP contribution in [0.2, 0.25) is 0 Å². The molecule has 4 rings (SSSR count). The fraction of sp³-hybridized carbons (Fsp3) is 0.600. The summed E-state index contributed by atoms with van der Waals surface area (Å²) < 4.78 is 2.10. The average Bonchev–Trinajstić information content (AvgIpc) is 3.50. The number of rotatable bonds is 7. The SMILES string of the molecule is CCNC(=NCc1c(C)nn(Cc2ccccc2)c1C)NC1CCN(C2CCCC2)C1.I. The van der Waals surface area contributed by atoms with Crippen molar-refractivity contribution in [3.8, 4) is 0 Å². The van der Waals surface area contributed by atoms with Crippen molar-refractivity contribution >= 4 is 29.9 Å². The van der Waals surface area contributed by atoms with Gasteiger partial charge in [0, 0.05) is 43.0 Å². The summed E-state index contributed by atoms with van der Waals surface area (Å²) in [7, 11) is 0. The third-order valence-electron chi connectivity index (χ3n) is 6.85. The zero-order valence-electron chi connectivity index (χ0n) is 19.8. The first-order chi connectivity index (χ1) is 15.1. The van der Waals surface area contributed by atoms with E-state index < -0.39 is 0 Å². The fourth-order valence-electron chi connectivity index (χ4n) is 5.05. The van der Waals surface area contributed by atoms with Gasteiger partial charge in [0.05, 0.1) is 18.8 Å². The molecular weight excluding hydrogens is 511 g/mol. The molecule has 2 aliphatic rings. The molecule has 1 aliphatic carbocycles. The predicted molar refractivity (Wildman–Crippen MR) is 143 cm³/mol. The maximum absolute atomic E-state index is 4.93. The minimum Gasteiger partial charge on any atom is -0.357 e. The first-order valence-corrected chi connectivity index (χ1v) is 12.0. The molecule has 2 aromatic rings. The summed E-state index contributed by atoms with van der Waals surface area (Å²) in [5, 5.41) is 11.9. The molecule has 32 heavy (non-hydrogen) atoms. The molecule has 2 heterocycles. The monoisotopic (exact) mass is 550 g/mol. The summed E-state index contributed by atoms with van der Waals surface area (Å²) in [5.41, 5.74) is 4.77. The van der Waals surface area contributed by atoms with Crippen molar-refractivity contribution in [2.24, 2.45) is 4.99 Å². The minimum absolute atomic E-state index is 0. The number of hydrogen-bond acceptors (Lipinski definition) is 3. The van der Waals surface area contributed by atoms with Crippen LogP contribution in [0.25, 0.3) is 0 Å². The van der Waals surface area contributed by atoms with Crippen LogP contribution in [0.15, 0.2) is 35.3 Å². The van der Waals surface area contributed by atoms with Crippen molar-refractivity contribution in [1.82, 2.24) is 25.3 Å². The standard InChI is InChI=1S/C25H38N6.HI/c1-4-26-25(28-22-14-15-30(18-22)23-12-8-9-13-23)27-16-24-19(2)29-31(20(24)3)17-21-10-6-5-7-11-21;/h5-7,10-11,22-23H,4,8-9,12-18H2,1-3H3,(H2,26,27,28);1H. The van der Waals surface area contributed by atoms with Crippen LogP contribution in [0.1, 0.15) is 61.5 Å². The number of guanidine groups is 1. The number of benzene rings is 1. The lowest BCUT2D eigenvalue weighted by atomic mass is 10.2. The summed E-state index contributed by atoms with van der Waals surface area (Å²) in [6, 6.07) is 11.8. The van der Waals surface area contributed by atoms with Crippen LogP contribution in [0.5, 0.6) is 0 Å². The first-order valence-electron chi connectivity index (χ1n) is 12.0. The highest BCUT2D eigenvalue weighted by Gasteiger charge is 2.30. The maximum Gasteiger partial charge on any atom is 0.191 e. The first kappa shape index (κ1) is 25.0. The molecule has 1 unspecified atom stereocenters. The molecule has 2 fully saturated rings. The highest BCUT2D eigenvalue weighted by molar-refractivity contribution is 14.0. The molecule has 1 aromatic carbocycles. The molecule has 6 nitrogen and oxygen atoms in total. The second-order valence-corrected chi connectivity index (χ2v) is 9.05. The quantitative estimate of drug-likeness (QED) is 0.308. The van der Waals surface area contributed by atoms with Gasteiger partial charge in [0.15, 0.2) is 5.96 Å². The van der Waals surface area contributed by atoms with Gasteiger partial charge in [0.1, 0.15) is 0 Å². The van der Waals surface area contributed by atoms with Gasteiger partial charge < -0.3 is 10.6 Å². The minimum atomic E-state index is 0. The van der Waals surface area contributed by atoms with E-state index in [1.165, 1.54) is 55.5 Å². The third-order valence-corrected chi connectivity index (χ3v) is 6.85. The van der Waals surface area contributed by atoms with Crippen molar-refractivity contribution in [2.45, 2.75) is 78.0 Å². The van der Waals surface area contributed by atoms with Crippen molar-refractivity contribution in [3.05, 3.63) is 52.8 Å². The Bertz CT molecular complexity index is 872. The molecule has 0 radical (unpaired) electrons. The Morgan fingerprint density at radius 1 is 1.12 bits per heavy atom. The number of likely N-dealkylation sites (tertiary alicyclic amines) is 1. The van der Waals surface area contributed by atoms with Gasteiger partial charge in [0.25, 0.3) is 0 Å². The smallest absolute Gasteiger partial charge is 0.191 e. The number of nitrogens with zero attached hydrogens (tertiary/aromatic N) is 4. The van der Waals surface area contributed by atoms with Crippen LogP contribution in [0, 0.1) is 13.8 Å². The van der Waals surface area contributed by atoms with E-state index >= 15 is 0 Å². The molecule has 1 aliphatic heterocycles. The largest absolute Gasteiger partial charge is 0.357 e. The van der Waals surface area contributed by atoms with Gasteiger partial charge in [0.2, 0.25) is 0 Å². The lowest BCUT2D eigenvalue weighted by Crippen LogP contribution is -2.45. The van der Waals surface area contributed by atoms with E-state index in [0.29, 0.717) is 12.6 Å². The fourth-order valence-corrected chi connectivity index (χ4v) is 5.05. The highest BCUT2D eigenvalue weighted by atomic mass is 127. The Hall–Kier alpha value is -1.61. The number of aryl methyl sites for hydroxylation is 1. The van der Waals surface area contributed by atoms with Gasteiger partial charge >= 0.3 is 0 Å². The summed E-state index contributed by atoms with van der Waals surface area (Å²) in [5.74, 6) is 0.926. The van der Waals surface area contributed by atoms with Gasteiger partial charge in [-0.05, 0) is 45.6 Å². The van der Waals surface area contributed by atoms with E-state index in [9.17, 15) is 0 Å². The summed E-state index contributed by atoms with van der Waals surface area (Å²) in [6.45, 7) is 11.1.